The molecule has 0 amide bonds. The Bertz CT molecular complexity index is 2550. The molecule has 0 unspecified atom stereocenters. The van der Waals surface area contributed by atoms with Crippen molar-refractivity contribution in [2.24, 2.45) is 0 Å². The highest BCUT2D eigenvalue weighted by molar-refractivity contribution is 7.85. The molecule has 0 bridgehead atoms. The van der Waals surface area contributed by atoms with Crippen LogP contribution in [0.4, 0.5) is 0 Å². The Hall–Kier alpha value is -4.15. The first-order valence-corrected chi connectivity index (χ1v) is 19.2. The average Bonchev–Trinajstić information content (AvgIpc) is 3.83. The van der Waals surface area contributed by atoms with Crippen LogP contribution >= 0.6 is 46.4 Å². The van der Waals surface area contributed by atoms with Gasteiger partial charge in [0, 0.05) is 45.1 Å². The highest BCUT2D eigenvalue weighted by Gasteiger charge is 2.30. The fourth-order valence-corrected chi connectivity index (χ4v) is 8.40. The summed E-state index contributed by atoms with van der Waals surface area (Å²) in [6, 6.07) is 23.7. The minimum Gasteiger partial charge on any atom is -0.282 e. The van der Waals surface area contributed by atoms with Gasteiger partial charge in [-0.25, -0.2) is 9.36 Å². The van der Waals surface area contributed by atoms with Crippen molar-refractivity contribution in [3.8, 4) is 33.9 Å². The number of halogens is 4. The van der Waals surface area contributed by atoms with E-state index in [0.29, 0.717) is 32.2 Å². The lowest BCUT2D eigenvalue weighted by Crippen LogP contribution is -2.02. The van der Waals surface area contributed by atoms with Crippen molar-refractivity contribution in [2.45, 2.75) is 37.0 Å². The molecule has 256 valence electrons. The first-order chi connectivity index (χ1) is 24.6. The Morgan fingerprint density at radius 2 is 1.20 bits per heavy atom. The fourth-order valence-electron chi connectivity index (χ4n) is 6.90. The van der Waals surface area contributed by atoms with Gasteiger partial charge in [-0.1, -0.05) is 88.9 Å². The van der Waals surface area contributed by atoms with E-state index in [2.05, 4.69) is 36.4 Å². The normalized spacial score (nSPS) is 13.3. The van der Waals surface area contributed by atoms with E-state index in [4.69, 9.17) is 56.6 Å². The largest absolute Gasteiger partial charge is 0.294 e. The first-order valence-electron chi connectivity index (χ1n) is 16.2. The van der Waals surface area contributed by atoms with E-state index in [-0.39, 0.29) is 4.90 Å². The van der Waals surface area contributed by atoms with Crippen LogP contribution in [0.15, 0.2) is 95.9 Å². The van der Waals surface area contributed by atoms with Gasteiger partial charge in [-0.05, 0) is 91.1 Å². The summed E-state index contributed by atoms with van der Waals surface area (Å²) in [5.41, 5.74) is 11.2. The number of unbranched alkanes of at least 4 members (excludes halogenated alkanes) is 2. The minimum atomic E-state index is -4.34. The second-order valence-corrected chi connectivity index (χ2v) is 15.6. The Kier molecular flexibility index (Phi) is 8.95. The number of nitrogens with zero attached hydrogens (tertiary/aromatic N) is 4. The lowest BCUT2D eigenvalue weighted by molar-refractivity contribution is 0.483. The van der Waals surface area contributed by atoms with Crippen molar-refractivity contribution in [3.63, 3.8) is 0 Å². The highest BCUT2D eigenvalue weighted by atomic mass is 35.5. The molecule has 0 aliphatic heterocycles. The summed E-state index contributed by atoms with van der Waals surface area (Å²) in [6.45, 7) is 0. The summed E-state index contributed by atoms with van der Waals surface area (Å²) in [7, 11) is -4.34. The van der Waals surface area contributed by atoms with Gasteiger partial charge in [0.15, 0.2) is 0 Å². The maximum Gasteiger partial charge on any atom is 0.294 e. The molecule has 0 saturated carbocycles. The minimum absolute atomic E-state index is 0.143. The standard InChI is InChI=1S/C39H28Cl4N4O3S/c40-25-12-16-36(32(42)21-25)46-38-28-9-7-6-8-23(28)19-30(38)34(44-46)10-4-2-1-3-5-11-35-31-20-24-18-27(51(48,49)50)14-15-29(24)39(31)47(45-35)37-17-13-26(41)22-33(37)43/h4-18,21-22H,1-3,19-20H2,(H,48,49,50). The third-order valence-electron chi connectivity index (χ3n) is 9.23. The number of allylic oxidation sites excluding steroid dienone is 2. The van der Waals surface area contributed by atoms with Crippen LogP contribution in [-0.2, 0) is 23.0 Å². The molecule has 51 heavy (non-hydrogen) atoms. The number of hydrogen-bond donors (Lipinski definition) is 1. The second kappa shape index (κ2) is 13.4. The monoisotopic (exact) mass is 772 g/mol. The van der Waals surface area contributed by atoms with Crippen LogP contribution in [0.5, 0.6) is 0 Å². The Balaban J connectivity index is 1.02. The molecule has 0 fully saturated rings. The topological polar surface area (TPSA) is 90.0 Å². The van der Waals surface area contributed by atoms with Crippen LogP contribution < -0.4 is 0 Å². The summed E-state index contributed by atoms with van der Waals surface area (Å²) in [5, 5.41) is 12.0. The van der Waals surface area contributed by atoms with Gasteiger partial charge in [0.05, 0.1) is 49.1 Å². The molecule has 6 aromatic rings. The van der Waals surface area contributed by atoms with Crippen molar-refractivity contribution >= 4 is 68.7 Å². The van der Waals surface area contributed by atoms with Crippen LogP contribution in [0.25, 0.3) is 46.0 Å². The molecule has 4 aromatic carbocycles. The van der Waals surface area contributed by atoms with Gasteiger partial charge in [0.25, 0.3) is 10.1 Å². The van der Waals surface area contributed by atoms with Crippen molar-refractivity contribution in [2.75, 3.05) is 0 Å². The SMILES string of the molecule is O=S(=O)(O)c1ccc2c(c1)Cc1c(C=CCCCC=Cc3nn(-c4ccc(Cl)cc4Cl)c4c3Cc3ccccc3-4)nn(-c3ccc(Cl)cc3Cl)c1-2. The maximum atomic E-state index is 11.9. The first kappa shape index (κ1) is 34.0. The Labute approximate surface area is 315 Å². The maximum absolute atomic E-state index is 11.9. The van der Waals surface area contributed by atoms with Crippen molar-refractivity contribution in [1.29, 1.82) is 0 Å². The lowest BCUT2D eigenvalue weighted by atomic mass is 10.1. The van der Waals surface area contributed by atoms with Crippen LogP contribution in [0, 0.1) is 0 Å². The molecule has 2 aliphatic rings. The fraction of sp³-hybridized carbons (Fsp3) is 0.128. The summed E-state index contributed by atoms with van der Waals surface area (Å²) < 4.78 is 37.1. The third-order valence-corrected chi connectivity index (χ3v) is 11.2. The molecule has 12 heteroatoms. The molecular weight excluding hydrogens is 746 g/mol. The molecule has 2 aliphatic carbocycles. The summed E-state index contributed by atoms with van der Waals surface area (Å²) in [4.78, 5) is -0.143. The van der Waals surface area contributed by atoms with Crippen molar-refractivity contribution < 1.29 is 13.0 Å². The van der Waals surface area contributed by atoms with Gasteiger partial charge >= 0.3 is 0 Å². The number of fused-ring (bicyclic) bond motifs is 6. The van der Waals surface area contributed by atoms with E-state index in [9.17, 15) is 13.0 Å². The lowest BCUT2D eigenvalue weighted by Gasteiger charge is -2.10. The molecule has 2 aromatic heterocycles. The van der Waals surface area contributed by atoms with Gasteiger partial charge < -0.3 is 0 Å². The number of hydrogen-bond acceptors (Lipinski definition) is 4. The van der Waals surface area contributed by atoms with Crippen molar-refractivity contribution in [1.82, 2.24) is 19.6 Å². The third kappa shape index (κ3) is 6.35. The summed E-state index contributed by atoms with van der Waals surface area (Å²) in [6.07, 6.45) is 12.2. The van der Waals surface area contributed by atoms with Gasteiger partial charge in [-0.2, -0.15) is 18.6 Å². The van der Waals surface area contributed by atoms with Gasteiger partial charge in [0.2, 0.25) is 0 Å². The number of rotatable bonds is 9. The summed E-state index contributed by atoms with van der Waals surface area (Å²) >= 11 is 25.6. The Morgan fingerprint density at radius 1 is 0.667 bits per heavy atom. The quantitative estimate of drug-likeness (QED) is 0.116. The van der Waals surface area contributed by atoms with Crippen LogP contribution in [0.2, 0.25) is 20.1 Å². The van der Waals surface area contributed by atoms with Crippen LogP contribution in [-0.4, -0.2) is 32.5 Å². The molecule has 0 atom stereocenters. The molecule has 8 rings (SSSR count). The molecular formula is C39H28Cl4N4O3S. The van der Waals surface area contributed by atoms with Gasteiger partial charge in [-0.3, -0.25) is 4.55 Å². The van der Waals surface area contributed by atoms with Gasteiger partial charge in [-0.15, -0.1) is 0 Å². The second-order valence-electron chi connectivity index (χ2n) is 12.5. The molecule has 2 heterocycles. The average molecular weight is 775 g/mol. The smallest absolute Gasteiger partial charge is 0.282 e. The van der Waals surface area contributed by atoms with E-state index in [1.54, 1.807) is 28.9 Å². The van der Waals surface area contributed by atoms with Crippen LogP contribution in [0.1, 0.15) is 52.9 Å². The predicted octanol–water partition coefficient (Wildman–Crippen LogP) is 11.0. The highest BCUT2D eigenvalue weighted by Crippen LogP contribution is 2.43. The number of aromatic nitrogens is 4. The van der Waals surface area contributed by atoms with Crippen molar-refractivity contribution in [3.05, 3.63) is 145 Å². The molecule has 0 radical (unpaired) electrons. The molecule has 0 spiro atoms. The van der Waals surface area contributed by atoms with E-state index < -0.39 is 10.1 Å². The van der Waals surface area contributed by atoms with E-state index in [1.165, 1.54) is 23.3 Å². The predicted molar refractivity (Wildman–Crippen MR) is 205 cm³/mol. The van der Waals surface area contributed by atoms with E-state index in [1.807, 2.05) is 35.0 Å². The van der Waals surface area contributed by atoms with Crippen LogP contribution in [0.3, 0.4) is 0 Å². The zero-order valence-electron chi connectivity index (χ0n) is 26.8. The molecule has 0 saturated heterocycles. The van der Waals surface area contributed by atoms with E-state index in [0.717, 1.165) is 76.4 Å². The molecule has 1 N–H and O–H groups in total. The summed E-state index contributed by atoms with van der Waals surface area (Å²) in [5.74, 6) is 0. The zero-order chi connectivity index (χ0) is 35.4. The zero-order valence-corrected chi connectivity index (χ0v) is 30.7. The van der Waals surface area contributed by atoms with E-state index >= 15 is 0 Å². The molecule has 7 nitrogen and oxygen atoms in total. The Morgan fingerprint density at radius 3 is 1.75 bits per heavy atom. The number of benzene rings is 4. The van der Waals surface area contributed by atoms with Gasteiger partial charge in [0.1, 0.15) is 0 Å².